The van der Waals surface area contributed by atoms with Crippen molar-refractivity contribution in [3.63, 3.8) is 0 Å². The average Bonchev–Trinajstić information content (AvgIpc) is 2.93. The van der Waals surface area contributed by atoms with E-state index in [4.69, 9.17) is 4.74 Å². The summed E-state index contributed by atoms with van der Waals surface area (Å²) in [5.41, 5.74) is 1.46. The predicted molar refractivity (Wildman–Crippen MR) is 78.5 cm³/mol. The lowest BCUT2D eigenvalue weighted by Gasteiger charge is -2.33. The Labute approximate surface area is 123 Å². The summed E-state index contributed by atoms with van der Waals surface area (Å²) in [4.78, 5) is 27.6. The van der Waals surface area contributed by atoms with E-state index >= 15 is 0 Å². The minimum atomic E-state index is -0.0871. The number of carbonyl (C=O) groups excluding carboxylic acids is 2. The van der Waals surface area contributed by atoms with Gasteiger partial charge in [0, 0.05) is 30.9 Å². The molecule has 3 rings (SSSR count). The summed E-state index contributed by atoms with van der Waals surface area (Å²) in [7, 11) is 0. The molecule has 0 aromatic heterocycles. The first-order chi connectivity index (χ1) is 10.2. The standard InChI is InChI=1S/C15H19N3O3/c1-11-10-21-9-8-17(11)14(19)12-2-4-13(5-3-12)18-7-6-16-15(18)20/h2-5,11H,6-10H2,1H3,(H,16,20)/t11-/m0/s1. The van der Waals surface area contributed by atoms with Crippen molar-refractivity contribution in [3.05, 3.63) is 29.8 Å². The number of morpholine rings is 1. The Kier molecular flexibility index (Phi) is 3.79. The summed E-state index contributed by atoms with van der Waals surface area (Å²) in [6, 6.07) is 7.22. The number of hydrogen-bond donors (Lipinski definition) is 1. The molecule has 1 aromatic rings. The monoisotopic (exact) mass is 289 g/mol. The van der Waals surface area contributed by atoms with E-state index in [1.165, 1.54) is 0 Å². The summed E-state index contributed by atoms with van der Waals surface area (Å²) < 4.78 is 5.35. The van der Waals surface area contributed by atoms with Gasteiger partial charge in [-0.2, -0.15) is 0 Å². The fraction of sp³-hybridized carbons (Fsp3) is 0.467. The number of amides is 3. The van der Waals surface area contributed by atoms with Crippen LogP contribution in [0.25, 0.3) is 0 Å². The van der Waals surface area contributed by atoms with Gasteiger partial charge in [0.2, 0.25) is 0 Å². The van der Waals surface area contributed by atoms with Gasteiger partial charge >= 0.3 is 6.03 Å². The molecule has 0 radical (unpaired) electrons. The third kappa shape index (κ3) is 2.71. The lowest BCUT2D eigenvalue weighted by atomic mass is 10.1. The molecular formula is C15H19N3O3. The van der Waals surface area contributed by atoms with Gasteiger partial charge in [-0.1, -0.05) is 0 Å². The van der Waals surface area contributed by atoms with Crippen LogP contribution >= 0.6 is 0 Å². The quantitative estimate of drug-likeness (QED) is 0.886. The van der Waals surface area contributed by atoms with Crippen LogP contribution in [0.1, 0.15) is 17.3 Å². The number of urea groups is 1. The molecule has 112 valence electrons. The molecule has 0 unspecified atom stereocenters. The molecule has 2 fully saturated rings. The number of anilines is 1. The minimum absolute atomic E-state index is 0.0169. The van der Waals surface area contributed by atoms with Crippen LogP contribution in [0.2, 0.25) is 0 Å². The van der Waals surface area contributed by atoms with Crippen molar-refractivity contribution in [3.8, 4) is 0 Å². The van der Waals surface area contributed by atoms with Gasteiger partial charge in [-0.3, -0.25) is 9.69 Å². The molecule has 0 bridgehead atoms. The van der Waals surface area contributed by atoms with E-state index in [0.717, 1.165) is 5.69 Å². The van der Waals surface area contributed by atoms with Gasteiger partial charge in [0.15, 0.2) is 0 Å². The molecule has 21 heavy (non-hydrogen) atoms. The molecule has 2 heterocycles. The second-order valence-electron chi connectivity index (χ2n) is 5.35. The Morgan fingerprint density at radius 1 is 1.29 bits per heavy atom. The van der Waals surface area contributed by atoms with E-state index in [9.17, 15) is 9.59 Å². The number of carbonyl (C=O) groups is 2. The largest absolute Gasteiger partial charge is 0.377 e. The van der Waals surface area contributed by atoms with E-state index < -0.39 is 0 Å². The molecule has 3 amide bonds. The molecule has 1 atom stereocenters. The molecule has 0 aliphatic carbocycles. The van der Waals surface area contributed by atoms with Gasteiger partial charge in [-0.05, 0) is 31.2 Å². The normalized spacial score (nSPS) is 22.3. The Balaban J connectivity index is 1.74. The van der Waals surface area contributed by atoms with Crippen LogP contribution in [-0.2, 0) is 4.74 Å². The van der Waals surface area contributed by atoms with E-state index in [1.807, 2.05) is 24.0 Å². The summed E-state index contributed by atoms with van der Waals surface area (Å²) in [6.07, 6.45) is 0. The highest BCUT2D eigenvalue weighted by Gasteiger charge is 2.25. The van der Waals surface area contributed by atoms with Gasteiger partial charge in [0.1, 0.15) is 0 Å². The zero-order valence-electron chi connectivity index (χ0n) is 12.0. The second kappa shape index (κ2) is 5.73. The third-order valence-corrected chi connectivity index (χ3v) is 3.91. The summed E-state index contributed by atoms with van der Waals surface area (Å²) >= 11 is 0. The molecule has 0 spiro atoms. The number of benzene rings is 1. The first-order valence-electron chi connectivity index (χ1n) is 7.21. The van der Waals surface area contributed by atoms with Crippen LogP contribution in [0, 0.1) is 0 Å². The topological polar surface area (TPSA) is 61.9 Å². The summed E-state index contributed by atoms with van der Waals surface area (Å²) in [6.45, 7) is 5.09. The highest BCUT2D eigenvalue weighted by molar-refractivity contribution is 5.97. The summed E-state index contributed by atoms with van der Waals surface area (Å²) in [5.74, 6) is 0.0169. The first-order valence-corrected chi connectivity index (χ1v) is 7.21. The van der Waals surface area contributed by atoms with Crippen LogP contribution in [0.5, 0.6) is 0 Å². The average molecular weight is 289 g/mol. The fourth-order valence-corrected chi connectivity index (χ4v) is 2.70. The van der Waals surface area contributed by atoms with Crippen molar-refractivity contribution in [2.45, 2.75) is 13.0 Å². The summed E-state index contributed by atoms with van der Waals surface area (Å²) in [5, 5.41) is 2.76. The number of hydrogen-bond acceptors (Lipinski definition) is 3. The molecule has 6 heteroatoms. The number of ether oxygens (including phenoxy) is 1. The van der Waals surface area contributed by atoms with Crippen LogP contribution in [0.15, 0.2) is 24.3 Å². The number of nitrogens with zero attached hydrogens (tertiary/aromatic N) is 2. The Hall–Kier alpha value is -2.08. The molecule has 2 aliphatic heterocycles. The highest BCUT2D eigenvalue weighted by atomic mass is 16.5. The maximum absolute atomic E-state index is 12.5. The van der Waals surface area contributed by atoms with Crippen molar-refractivity contribution in [2.24, 2.45) is 0 Å². The Morgan fingerprint density at radius 2 is 2.05 bits per heavy atom. The zero-order valence-corrected chi connectivity index (χ0v) is 12.0. The zero-order chi connectivity index (χ0) is 14.8. The van der Waals surface area contributed by atoms with Crippen molar-refractivity contribution >= 4 is 17.6 Å². The number of nitrogens with one attached hydrogen (secondary N) is 1. The maximum Gasteiger partial charge on any atom is 0.321 e. The highest BCUT2D eigenvalue weighted by Crippen LogP contribution is 2.19. The maximum atomic E-state index is 12.5. The van der Waals surface area contributed by atoms with Crippen molar-refractivity contribution in [1.29, 1.82) is 0 Å². The molecular weight excluding hydrogens is 270 g/mol. The van der Waals surface area contributed by atoms with Gasteiger partial charge < -0.3 is 15.0 Å². The van der Waals surface area contributed by atoms with E-state index in [-0.39, 0.29) is 18.0 Å². The van der Waals surface area contributed by atoms with Crippen molar-refractivity contribution < 1.29 is 14.3 Å². The smallest absolute Gasteiger partial charge is 0.321 e. The van der Waals surface area contributed by atoms with Gasteiger partial charge in [0.05, 0.1) is 19.3 Å². The minimum Gasteiger partial charge on any atom is -0.377 e. The SMILES string of the molecule is C[C@H]1COCCN1C(=O)c1ccc(N2CCNC2=O)cc1. The van der Waals surface area contributed by atoms with E-state index in [2.05, 4.69) is 5.32 Å². The van der Waals surface area contributed by atoms with Crippen LogP contribution in [0.4, 0.5) is 10.5 Å². The van der Waals surface area contributed by atoms with Crippen molar-refractivity contribution in [2.75, 3.05) is 37.7 Å². The molecule has 0 saturated carbocycles. The number of rotatable bonds is 2. The molecule has 2 saturated heterocycles. The van der Waals surface area contributed by atoms with Gasteiger partial charge in [-0.15, -0.1) is 0 Å². The first kappa shape index (κ1) is 13.9. The van der Waals surface area contributed by atoms with E-state index in [1.54, 1.807) is 17.0 Å². The predicted octanol–water partition coefficient (Wildman–Crippen LogP) is 1.08. The lowest BCUT2D eigenvalue weighted by molar-refractivity contribution is 0.00359. The molecule has 1 aromatic carbocycles. The van der Waals surface area contributed by atoms with Crippen LogP contribution in [-0.4, -0.2) is 55.7 Å². The van der Waals surface area contributed by atoms with Crippen LogP contribution in [0.3, 0.4) is 0 Å². The molecule has 6 nitrogen and oxygen atoms in total. The van der Waals surface area contributed by atoms with Gasteiger partial charge in [-0.25, -0.2) is 4.79 Å². The Morgan fingerprint density at radius 3 is 2.67 bits per heavy atom. The molecule has 2 aliphatic rings. The van der Waals surface area contributed by atoms with Crippen LogP contribution < -0.4 is 10.2 Å². The molecule has 1 N–H and O–H groups in total. The third-order valence-electron chi connectivity index (χ3n) is 3.91. The fourth-order valence-electron chi connectivity index (χ4n) is 2.70. The van der Waals surface area contributed by atoms with Crippen molar-refractivity contribution in [1.82, 2.24) is 10.2 Å². The Bertz CT molecular complexity index is 544. The van der Waals surface area contributed by atoms with E-state index in [0.29, 0.717) is 38.4 Å². The van der Waals surface area contributed by atoms with Gasteiger partial charge in [0.25, 0.3) is 5.91 Å². The second-order valence-corrected chi connectivity index (χ2v) is 5.35. The lowest BCUT2D eigenvalue weighted by Crippen LogP contribution is -2.47.